The third kappa shape index (κ3) is 1.98. The predicted molar refractivity (Wildman–Crippen MR) is 77.2 cm³/mol. The molecule has 98 valence electrons. The van der Waals surface area contributed by atoms with Gasteiger partial charge in [-0.15, -0.1) is 11.3 Å². The van der Waals surface area contributed by atoms with Crippen LogP contribution in [0.4, 0.5) is 5.95 Å². The standard InChI is InChI=1S/C13H15N5S/c1-3-9-7-16-12(19-9)8(2)18-11-10(17-13(18)14)5-4-6-15-11/h4-8H,3H2,1-2H3,(H2,14,17). The minimum Gasteiger partial charge on any atom is -0.369 e. The maximum Gasteiger partial charge on any atom is 0.203 e. The van der Waals surface area contributed by atoms with Gasteiger partial charge in [-0.25, -0.2) is 15.0 Å². The first-order valence-electron chi connectivity index (χ1n) is 6.23. The molecule has 0 saturated heterocycles. The van der Waals surface area contributed by atoms with Crippen molar-refractivity contribution in [3.05, 3.63) is 34.4 Å². The molecule has 3 rings (SSSR count). The largest absolute Gasteiger partial charge is 0.369 e. The van der Waals surface area contributed by atoms with Crippen molar-refractivity contribution in [2.45, 2.75) is 26.3 Å². The van der Waals surface area contributed by atoms with Gasteiger partial charge in [-0.1, -0.05) is 6.92 Å². The second-order valence-corrected chi connectivity index (χ2v) is 5.53. The van der Waals surface area contributed by atoms with Gasteiger partial charge >= 0.3 is 0 Å². The van der Waals surface area contributed by atoms with E-state index in [1.807, 2.05) is 22.9 Å². The molecule has 1 atom stereocenters. The van der Waals surface area contributed by atoms with E-state index in [0.717, 1.165) is 22.6 Å². The molecule has 0 aromatic carbocycles. The number of thiazole rings is 1. The zero-order valence-corrected chi connectivity index (χ0v) is 11.7. The Kier molecular flexibility index (Phi) is 2.94. The molecular formula is C13H15N5S. The fourth-order valence-corrected chi connectivity index (χ4v) is 3.02. The molecule has 3 aromatic rings. The van der Waals surface area contributed by atoms with Crippen molar-refractivity contribution in [2.24, 2.45) is 0 Å². The number of nitrogen functional groups attached to an aromatic ring is 1. The van der Waals surface area contributed by atoms with E-state index in [-0.39, 0.29) is 6.04 Å². The van der Waals surface area contributed by atoms with E-state index in [1.165, 1.54) is 4.88 Å². The Balaban J connectivity index is 2.10. The van der Waals surface area contributed by atoms with Crippen LogP contribution in [-0.4, -0.2) is 19.5 Å². The molecule has 0 aliphatic heterocycles. The number of imidazole rings is 1. The highest BCUT2D eigenvalue weighted by molar-refractivity contribution is 7.11. The number of aryl methyl sites for hydroxylation is 1. The van der Waals surface area contributed by atoms with E-state index in [1.54, 1.807) is 17.5 Å². The second kappa shape index (κ2) is 4.62. The van der Waals surface area contributed by atoms with Gasteiger partial charge in [0.25, 0.3) is 0 Å². The lowest BCUT2D eigenvalue weighted by Crippen LogP contribution is -2.10. The van der Waals surface area contributed by atoms with Crippen LogP contribution in [0.3, 0.4) is 0 Å². The maximum atomic E-state index is 6.02. The maximum absolute atomic E-state index is 6.02. The molecule has 19 heavy (non-hydrogen) atoms. The molecule has 6 heteroatoms. The summed E-state index contributed by atoms with van der Waals surface area (Å²) in [6.45, 7) is 4.20. The summed E-state index contributed by atoms with van der Waals surface area (Å²) in [5.74, 6) is 0.481. The molecule has 0 aliphatic carbocycles. The molecule has 1 unspecified atom stereocenters. The Morgan fingerprint density at radius 3 is 3.00 bits per heavy atom. The van der Waals surface area contributed by atoms with Crippen LogP contribution in [0.15, 0.2) is 24.5 Å². The van der Waals surface area contributed by atoms with E-state index >= 15 is 0 Å². The van der Waals surface area contributed by atoms with Crippen molar-refractivity contribution in [3.63, 3.8) is 0 Å². The summed E-state index contributed by atoms with van der Waals surface area (Å²) in [5.41, 5.74) is 7.64. The van der Waals surface area contributed by atoms with Crippen molar-refractivity contribution < 1.29 is 0 Å². The predicted octanol–water partition coefficient (Wildman–Crippen LogP) is 2.64. The molecule has 0 fully saturated rings. The molecule has 0 amide bonds. The number of nitrogens with two attached hydrogens (primary N) is 1. The highest BCUT2D eigenvalue weighted by Gasteiger charge is 2.18. The molecular weight excluding hydrogens is 258 g/mol. The van der Waals surface area contributed by atoms with Gasteiger partial charge in [0.05, 0.1) is 6.04 Å². The summed E-state index contributed by atoms with van der Waals surface area (Å²) < 4.78 is 1.94. The third-order valence-electron chi connectivity index (χ3n) is 3.14. The normalized spacial score (nSPS) is 12.9. The molecule has 2 N–H and O–H groups in total. The van der Waals surface area contributed by atoms with Gasteiger partial charge in [-0.3, -0.25) is 4.57 Å². The van der Waals surface area contributed by atoms with Gasteiger partial charge < -0.3 is 5.73 Å². The molecule has 0 spiro atoms. The van der Waals surface area contributed by atoms with Crippen molar-refractivity contribution in [3.8, 4) is 0 Å². The lowest BCUT2D eigenvalue weighted by atomic mass is 10.3. The zero-order valence-electron chi connectivity index (χ0n) is 10.9. The van der Waals surface area contributed by atoms with Gasteiger partial charge in [-0.05, 0) is 25.5 Å². The highest BCUT2D eigenvalue weighted by atomic mass is 32.1. The smallest absolute Gasteiger partial charge is 0.203 e. The number of hydrogen-bond donors (Lipinski definition) is 1. The summed E-state index contributed by atoms with van der Waals surface area (Å²) in [6, 6.07) is 3.83. The van der Waals surface area contributed by atoms with Crippen LogP contribution in [0.25, 0.3) is 11.2 Å². The number of anilines is 1. The van der Waals surface area contributed by atoms with Crippen LogP contribution in [0.2, 0.25) is 0 Å². The van der Waals surface area contributed by atoms with Gasteiger partial charge in [0.15, 0.2) is 5.65 Å². The minimum atomic E-state index is 0.0465. The number of hydrogen-bond acceptors (Lipinski definition) is 5. The zero-order chi connectivity index (χ0) is 13.4. The molecule has 5 nitrogen and oxygen atoms in total. The van der Waals surface area contributed by atoms with Crippen molar-refractivity contribution in [2.75, 3.05) is 5.73 Å². The van der Waals surface area contributed by atoms with E-state index in [4.69, 9.17) is 5.73 Å². The summed E-state index contributed by atoms with van der Waals surface area (Å²) in [6.07, 6.45) is 4.69. The highest BCUT2D eigenvalue weighted by Crippen LogP contribution is 2.28. The second-order valence-electron chi connectivity index (χ2n) is 4.38. The van der Waals surface area contributed by atoms with Gasteiger partial charge in [0, 0.05) is 17.3 Å². The SMILES string of the molecule is CCc1cnc(C(C)n2c(N)nc3cccnc32)s1. The van der Waals surface area contributed by atoms with Gasteiger partial charge in [0.1, 0.15) is 10.5 Å². The Labute approximate surface area is 115 Å². The molecule has 0 radical (unpaired) electrons. The van der Waals surface area contributed by atoms with Gasteiger partial charge in [-0.2, -0.15) is 0 Å². The summed E-state index contributed by atoms with van der Waals surface area (Å²) in [5, 5.41) is 1.04. The van der Waals surface area contributed by atoms with E-state index in [0.29, 0.717) is 5.95 Å². The quantitative estimate of drug-likeness (QED) is 0.796. The fraction of sp³-hybridized carbons (Fsp3) is 0.308. The van der Waals surface area contributed by atoms with E-state index < -0.39 is 0 Å². The topological polar surface area (TPSA) is 69.6 Å². The summed E-state index contributed by atoms with van der Waals surface area (Å²) in [7, 11) is 0. The third-order valence-corrected chi connectivity index (χ3v) is 4.45. The first-order chi connectivity index (χ1) is 9.20. The van der Waals surface area contributed by atoms with Crippen molar-refractivity contribution in [1.82, 2.24) is 19.5 Å². The Bertz CT molecular complexity index is 715. The Morgan fingerprint density at radius 2 is 2.26 bits per heavy atom. The summed E-state index contributed by atoms with van der Waals surface area (Å²) >= 11 is 1.71. The average molecular weight is 273 g/mol. The molecule has 0 aliphatic rings. The monoisotopic (exact) mass is 273 g/mol. The Morgan fingerprint density at radius 1 is 1.42 bits per heavy atom. The average Bonchev–Trinajstić information content (AvgIpc) is 3.01. The molecule has 0 saturated carbocycles. The molecule has 0 bridgehead atoms. The number of fused-ring (bicyclic) bond motifs is 1. The minimum absolute atomic E-state index is 0.0465. The fourth-order valence-electron chi connectivity index (χ4n) is 2.12. The first kappa shape index (κ1) is 12.1. The van der Waals surface area contributed by atoms with Crippen molar-refractivity contribution >= 4 is 28.4 Å². The van der Waals surface area contributed by atoms with E-state index in [2.05, 4.69) is 28.8 Å². The van der Waals surface area contributed by atoms with Crippen molar-refractivity contribution in [1.29, 1.82) is 0 Å². The number of rotatable bonds is 3. The molecule has 3 heterocycles. The van der Waals surface area contributed by atoms with Crippen LogP contribution in [0.1, 0.15) is 29.8 Å². The van der Waals surface area contributed by atoms with Gasteiger partial charge in [0.2, 0.25) is 5.95 Å². The lowest BCUT2D eigenvalue weighted by molar-refractivity contribution is 0.657. The van der Waals surface area contributed by atoms with Crippen LogP contribution in [0.5, 0.6) is 0 Å². The number of nitrogens with zero attached hydrogens (tertiary/aromatic N) is 4. The molecule has 3 aromatic heterocycles. The van der Waals surface area contributed by atoms with Crippen LogP contribution < -0.4 is 5.73 Å². The Hall–Kier alpha value is -1.95. The lowest BCUT2D eigenvalue weighted by Gasteiger charge is -2.12. The van der Waals surface area contributed by atoms with E-state index in [9.17, 15) is 0 Å². The van der Waals surface area contributed by atoms with Crippen LogP contribution in [0, 0.1) is 0 Å². The number of aromatic nitrogens is 4. The van der Waals surface area contributed by atoms with Crippen LogP contribution in [-0.2, 0) is 6.42 Å². The van der Waals surface area contributed by atoms with Crippen LogP contribution >= 0.6 is 11.3 Å². The number of pyridine rings is 1. The summed E-state index contributed by atoms with van der Waals surface area (Å²) in [4.78, 5) is 14.5. The first-order valence-corrected chi connectivity index (χ1v) is 7.05.